The van der Waals surface area contributed by atoms with E-state index in [9.17, 15) is 15.2 Å². The predicted octanol–water partition coefficient (Wildman–Crippen LogP) is 4.86. The van der Waals surface area contributed by atoms with Crippen molar-refractivity contribution in [2.75, 3.05) is 12.4 Å². The fourth-order valence-corrected chi connectivity index (χ4v) is 3.68. The minimum atomic E-state index is -0.209. The number of anilines is 1. The fraction of sp³-hybridized carbons (Fsp3) is 0.136. The van der Waals surface area contributed by atoms with Gasteiger partial charge in [-0.25, -0.2) is 4.98 Å². The number of aromatic nitrogens is 1. The van der Waals surface area contributed by atoms with Gasteiger partial charge in [0.05, 0.1) is 12.7 Å². The Labute approximate surface area is 172 Å². The number of carbonyl (C=O) groups excluding carboxylic acids is 1. The first kappa shape index (κ1) is 20.1. The molecule has 2 aromatic carbocycles. The number of hydrogen-bond acceptors (Lipinski definition) is 6. The van der Waals surface area contributed by atoms with Gasteiger partial charge in [-0.3, -0.25) is 4.79 Å². The Morgan fingerprint density at radius 1 is 1.28 bits per heavy atom. The highest BCUT2D eigenvalue weighted by molar-refractivity contribution is 7.17. The average molecular weight is 405 g/mol. The van der Waals surface area contributed by atoms with Crippen LogP contribution in [0, 0.1) is 18.3 Å². The number of nitrogens with one attached hydrogen (secondary N) is 1. The number of methoxy groups -OCH3 is 1. The van der Waals surface area contributed by atoms with Crippen LogP contribution < -0.4 is 10.1 Å². The molecule has 7 heteroatoms. The number of ether oxygens (including phenoxy) is 1. The lowest BCUT2D eigenvalue weighted by atomic mass is 10.1. The topological polar surface area (TPSA) is 95.2 Å². The average Bonchev–Trinajstić information content (AvgIpc) is 3.10. The number of amides is 1. The van der Waals surface area contributed by atoms with E-state index in [4.69, 9.17) is 4.74 Å². The molecule has 146 valence electrons. The van der Waals surface area contributed by atoms with Crippen molar-refractivity contribution in [3.05, 3.63) is 58.6 Å². The van der Waals surface area contributed by atoms with Gasteiger partial charge >= 0.3 is 0 Å². The van der Waals surface area contributed by atoms with Crippen molar-refractivity contribution >= 4 is 33.9 Å². The number of phenolic OH excluding ortho intramolecular Hbond substituents is 1. The molecule has 0 bridgehead atoms. The van der Waals surface area contributed by atoms with Gasteiger partial charge in [0.15, 0.2) is 11.5 Å². The van der Waals surface area contributed by atoms with E-state index in [0.29, 0.717) is 32.6 Å². The number of nitrogens with zero attached hydrogens (tertiary/aromatic N) is 2. The van der Waals surface area contributed by atoms with Crippen LogP contribution in [0.5, 0.6) is 11.5 Å². The molecular formula is C22H19N3O3S. The van der Waals surface area contributed by atoms with E-state index in [1.165, 1.54) is 31.4 Å². The SMILES string of the molecule is COc1cc(/C=C(/C#N)c2nc(-c3ccc(C)cc3)c(NC(C)=O)s2)ccc1O. The Morgan fingerprint density at radius 2 is 2.00 bits per heavy atom. The van der Waals surface area contributed by atoms with Gasteiger partial charge in [-0.05, 0) is 30.7 Å². The smallest absolute Gasteiger partial charge is 0.221 e. The molecule has 0 atom stereocenters. The molecule has 0 fully saturated rings. The number of aromatic hydroxyl groups is 1. The summed E-state index contributed by atoms with van der Waals surface area (Å²) in [4.78, 5) is 16.3. The lowest BCUT2D eigenvalue weighted by Gasteiger charge is -2.04. The van der Waals surface area contributed by atoms with Crippen LogP contribution in [0.25, 0.3) is 22.9 Å². The second kappa shape index (κ2) is 8.59. The van der Waals surface area contributed by atoms with Crippen LogP contribution in [0.15, 0.2) is 42.5 Å². The molecule has 6 nitrogen and oxygen atoms in total. The van der Waals surface area contributed by atoms with Gasteiger partial charge in [-0.15, -0.1) is 0 Å². The molecule has 0 saturated carbocycles. The van der Waals surface area contributed by atoms with Gasteiger partial charge < -0.3 is 15.2 Å². The molecule has 0 unspecified atom stereocenters. The number of allylic oxidation sites excluding steroid dienone is 1. The van der Waals surface area contributed by atoms with Crippen LogP contribution in [0.3, 0.4) is 0 Å². The lowest BCUT2D eigenvalue weighted by molar-refractivity contribution is -0.114. The number of phenols is 1. The van der Waals surface area contributed by atoms with E-state index in [1.807, 2.05) is 31.2 Å². The third-order valence-electron chi connectivity index (χ3n) is 4.11. The van der Waals surface area contributed by atoms with Crippen molar-refractivity contribution in [2.24, 2.45) is 0 Å². The molecule has 1 amide bonds. The van der Waals surface area contributed by atoms with Crippen LogP contribution in [-0.2, 0) is 4.79 Å². The third-order valence-corrected chi connectivity index (χ3v) is 5.11. The maximum absolute atomic E-state index is 11.6. The molecule has 3 rings (SSSR count). The van der Waals surface area contributed by atoms with E-state index < -0.39 is 0 Å². The van der Waals surface area contributed by atoms with Gasteiger partial charge in [0.2, 0.25) is 5.91 Å². The van der Waals surface area contributed by atoms with Crippen molar-refractivity contribution in [1.82, 2.24) is 4.98 Å². The molecule has 29 heavy (non-hydrogen) atoms. The molecule has 1 aromatic heterocycles. The van der Waals surface area contributed by atoms with Crippen LogP contribution in [0.4, 0.5) is 5.00 Å². The predicted molar refractivity (Wildman–Crippen MR) is 115 cm³/mol. The molecule has 0 aliphatic rings. The van der Waals surface area contributed by atoms with E-state index in [0.717, 1.165) is 11.1 Å². The summed E-state index contributed by atoms with van der Waals surface area (Å²) in [6.45, 7) is 3.43. The number of carbonyl (C=O) groups is 1. The summed E-state index contributed by atoms with van der Waals surface area (Å²) in [5.41, 5.74) is 3.61. The molecule has 0 radical (unpaired) electrons. The molecule has 3 aromatic rings. The summed E-state index contributed by atoms with van der Waals surface area (Å²) in [5.74, 6) is 0.126. The van der Waals surface area contributed by atoms with Crippen molar-refractivity contribution in [3.8, 4) is 28.8 Å². The maximum atomic E-state index is 11.6. The van der Waals surface area contributed by atoms with Gasteiger partial charge in [0.1, 0.15) is 21.8 Å². The van der Waals surface area contributed by atoms with Crippen molar-refractivity contribution in [3.63, 3.8) is 0 Å². The number of rotatable bonds is 5. The van der Waals surface area contributed by atoms with Crippen LogP contribution in [0.1, 0.15) is 23.1 Å². The summed E-state index contributed by atoms with van der Waals surface area (Å²) in [7, 11) is 1.46. The van der Waals surface area contributed by atoms with E-state index in [1.54, 1.807) is 18.2 Å². The Morgan fingerprint density at radius 3 is 2.62 bits per heavy atom. The number of hydrogen-bond donors (Lipinski definition) is 2. The van der Waals surface area contributed by atoms with Crippen LogP contribution in [0.2, 0.25) is 0 Å². The second-order valence-corrected chi connectivity index (χ2v) is 7.34. The number of nitriles is 1. The van der Waals surface area contributed by atoms with Gasteiger partial charge in [0, 0.05) is 12.5 Å². The highest BCUT2D eigenvalue weighted by atomic mass is 32.1. The zero-order chi connectivity index (χ0) is 21.0. The minimum absolute atomic E-state index is 0.0204. The first-order valence-electron chi connectivity index (χ1n) is 8.76. The zero-order valence-corrected chi connectivity index (χ0v) is 17.0. The first-order valence-corrected chi connectivity index (χ1v) is 9.57. The van der Waals surface area contributed by atoms with E-state index in [2.05, 4.69) is 16.4 Å². The largest absolute Gasteiger partial charge is 0.504 e. The summed E-state index contributed by atoms with van der Waals surface area (Å²) in [5, 5.41) is 23.3. The monoisotopic (exact) mass is 405 g/mol. The number of benzene rings is 2. The molecule has 0 aliphatic heterocycles. The van der Waals surface area contributed by atoms with Crippen molar-refractivity contribution < 1.29 is 14.6 Å². The molecule has 0 spiro atoms. The summed E-state index contributed by atoms with van der Waals surface area (Å²) in [6, 6.07) is 14.8. The van der Waals surface area contributed by atoms with Crippen LogP contribution >= 0.6 is 11.3 Å². The normalized spacial score (nSPS) is 11.0. The fourth-order valence-electron chi connectivity index (χ4n) is 2.68. The molecule has 0 aliphatic carbocycles. The Balaban J connectivity index is 2.07. The first-order chi connectivity index (χ1) is 13.9. The highest BCUT2D eigenvalue weighted by Gasteiger charge is 2.17. The van der Waals surface area contributed by atoms with Gasteiger partial charge in [-0.2, -0.15) is 5.26 Å². The molecular weight excluding hydrogens is 386 g/mol. The quantitative estimate of drug-likeness (QED) is 0.591. The maximum Gasteiger partial charge on any atom is 0.221 e. The lowest BCUT2D eigenvalue weighted by Crippen LogP contribution is -2.05. The summed E-state index contributed by atoms with van der Waals surface area (Å²) < 4.78 is 5.12. The Kier molecular flexibility index (Phi) is 5.96. The van der Waals surface area contributed by atoms with Gasteiger partial charge in [0.25, 0.3) is 0 Å². The summed E-state index contributed by atoms with van der Waals surface area (Å²) in [6.07, 6.45) is 1.66. The van der Waals surface area contributed by atoms with Crippen molar-refractivity contribution in [2.45, 2.75) is 13.8 Å². The molecule has 0 saturated heterocycles. The van der Waals surface area contributed by atoms with Crippen molar-refractivity contribution in [1.29, 1.82) is 5.26 Å². The highest BCUT2D eigenvalue weighted by Crippen LogP contribution is 2.37. The standard InChI is InChI=1S/C22H19N3O3S/c1-13-4-7-16(8-5-13)20-22(24-14(2)26)29-21(25-20)17(12-23)10-15-6-9-18(27)19(11-15)28-3/h4-11,27H,1-3H3,(H,24,26)/b17-10-. The number of thiazole rings is 1. The zero-order valence-electron chi connectivity index (χ0n) is 16.2. The second-order valence-electron chi connectivity index (χ2n) is 6.35. The number of aryl methyl sites for hydroxylation is 1. The summed E-state index contributed by atoms with van der Waals surface area (Å²) >= 11 is 1.24. The van der Waals surface area contributed by atoms with E-state index in [-0.39, 0.29) is 11.7 Å². The van der Waals surface area contributed by atoms with E-state index >= 15 is 0 Å². The van der Waals surface area contributed by atoms with Gasteiger partial charge in [-0.1, -0.05) is 47.2 Å². The Bertz CT molecular complexity index is 1130. The Hall–Kier alpha value is -3.63. The molecule has 2 N–H and O–H groups in total. The van der Waals surface area contributed by atoms with Crippen LogP contribution in [-0.4, -0.2) is 23.1 Å². The minimum Gasteiger partial charge on any atom is -0.504 e. The third kappa shape index (κ3) is 4.62. The molecule has 1 heterocycles.